The summed E-state index contributed by atoms with van der Waals surface area (Å²) < 4.78 is 0. The Kier molecular flexibility index (Phi) is 4.79. The third kappa shape index (κ3) is 2.55. The van der Waals surface area contributed by atoms with E-state index in [0.717, 1.165) is 6.42 Å². The van der Waals surface area contributed by atoms with Gasteiger partial charge in [0.25, 0.3) is 0 Å². The standard InChI is InChI=1S/C14H18.C2H6/c1-4-5-12-6-7-13-8-10(2)11(3)14(13)9-12;1-2/h6-7,9H,4-5,8H2,1-3H3;1-2H3. The van der Waals surface area contributed by atoms with Crippen LogP contribution in [0.15, 0.2) is 23.8 Å². The SMILES string of the molecule is CC.CCCc1ccc2c(c1)C(C)=C(C)C2. The summed E-state index contributed by atoms with van der Waals surface area (Å²) in [6, 6.07) is 6.97. The Bertz CT molecular complexity index is 383. The minimum atomic E-state index is 1.16. The predicted octanol–water partition coefficient (Wildman–Crippen LogP) is 5.01. The topological polar surface area (TPSA) is 0 Å². The van der Waals surface area contributed by atoms with Crippen molar-refractivity contribution in [1.82, 2.24) is 0 Å². The Morgan fingerprint density at radius 2 is 1.81 bits per heavy atom. The van der Waals surface area contributed by atoms with E-state index in [4.69, 9.17) is 0 Å². The number of rotatable bonds is 2. The van der Waals surface area contributed by atoms with E-state index >= 15 is 0 Å². The molecule has 0 fully saturated rings. The molecule has 0 saturated heterocycles. The zero-order valence-electron chi connectivity index (χ0n) is 11.4. The average Bonchev–Trinajstić information content (AvgIpc) is 2.59. The van der Waals surface area contributed by atoms with Crippen molar-refractivity contribution in [3.63, 3.8) is 0 Å². The highest BCUT2D eigenvalue weighted by molar-refractivity contribution is 5.75. The summed E-state index contributed by atoms with van der Waals surface area (Å²) in [4.78, 5) is 0. The summed E-state index contributed by atoms with van der Waals surface area (Å²) >= 11 is 0. The molecular formula is C16H24. The van der Waals surface area contributed by atoms with Crippen LogP contribution in [0.25, 0.3) is 5.57 Å². The molecule has 0 bridgehead atoms. The Morgan fingerprint density at radius 3 is 2.44 bits per heavy atom. The lowest BCUT2D eigenvalue weighted by Crippen LogP contribution is -1.88. The van der Waals surface area contributed by atoms with Gasteiger partial charge in [0.1, 0.15) is 0 Å². The second-order valence-electron chi connectivity index (χ2n) is 4.32. The fourth-order valence-electron chi connectivity index (χ4n) is 2.22. The van der Waals surface area contributed by atoms with Gasteiger partial charge in [0.2, 0.25) is 0 Å². The summed E-state index contributed by atoms with van der Waals surface area (Å²) in [6.07, 6.45) is 3.60. The van der Waals surface area contributed by atoms with Gasteiger partial charge in [-0.3, -0.25) is 0 Å². The molecule has 0 aliphatic heterocycles. The summed E-state index contributed by atoms with van der Waals surface area (Å²) in [5.41, 5.74) is 7.53. The van der Waals surface area contributed by atoms with Crippen LogP contribution in [-0.2, 0) is 12.8 Å². The zero-order chi connectivity index (χ0) is 12.1. The predicted molar refractivity (Wildman–Crippen MR) is 73.8 cm³/mol. The molecule has 0 atom stereocenters. The van der Waals surface area contributed by atoms with Crippen molar-refractivity contribution in [3.05, 3.63) is 40.5 Å². The molecule has 88 valence electrons. The largest absolute Gasteiger partial charge is 0.0683 e. The van der Waals surface area contributed by atoms with Crippen molar-refractivity contribution in [3.8, 4) is 0 Å². The molecule has 0 radical (unpaired) electrons. The number of hydrogen-bond acceptors (Lipinski definition) is 0. The first-order chi connectivity index (χ1) is 7.72. The molecule has 0 nitrogen and oxygen atoms in total. The van der Waals surface area contributed by atoms with Gasteiger partial charge in [0.05, 0.1) is 0 Å². The van der Waals surface area contributed by atoms with Crippen LogP contribution in [0.1, 0.15) is 57.7 Å². The summed E-state index contributed by atoms with van der Waals surface area (Å²) in [5, 5.41) is 0. The zero-order valence-corrected chi connectivity index (χ0v) is 11.4. The first-order valence-electron chi connectivity index (χ1n) is 6.51. The van der Waals surface area contributed by atoms with Gasteiger partial charge in [0.15, 0.2) is 0 Å². The van der Waals surface area contributed by atoms with Gasteiger partial charge in [-0.1, -0.05) is 51.0 Å². The number of fused-ring (bicyclic) bond motifs is 1. The smallest absolute Gasteiger partial charge is 0.00579 e. The minimum absolute atomic E-state index is 1.16. The molecule has 1 aromatic carbocycles. The van der Waals surface area contributed by atoms with Gasteiger partial charge < -0.3 is 0 Å². The fourth-order valence-corrected chi connectivity index (χ4v) is 2.22. The van der Waals surface area contributed by atoms with Crippen LogP contribution in [0, 0.1) is 0 Å². The van der Waals surface area contributed by atoms with Gasteiger partial charge in [0, 0.05) is 0 Å². The second kappa shape index (κ2) is 5.89. The molecule has 2 rings (SSSR count). The van der Waals surface area contributed by atoms with Gasteiger partial charge >= 0.3 is 0 Å². The van der Waals surface area contributed by atoms with E-state index in [9.17, 15) is 0 Å². The number of aryl methyl sites for hydroxylation is 1. The molecule has 0 aromatic heterocycles. The molecule has 0 N–H and O–H groups in total. The van der Waals surface area contributed by atoms with Crippen LogP contribution < -0.4 is 0 Å². The monoisotopic (exact) mass is 216 g/mol. The van der Waals surface area contributed by atoms with Crippen molar-refractivity contribution in [2.45, 2.75) is 53.9 Å². The maximum Gasteiger partial charge on any atom is -0.00579 e. The van der Waals surface area contributed by atoms with Crippen LogP contribution in [0.5, 0.6) is 0 Å². The lowest BCUT2D eigenvalue weighted by Gasteiger charge is -2.04. The van der Waals surface area contributed by atoms with E-state index in [1.54, 1.807) is 0 Å². The van der Waals surface area contributed by atoms with Crippen LogP contribution in [0.4, 0.5) is 0 Å². The summed E-state index contributed by atoms with van der Waals surface area (Å²) in [5.74, 6) is 0. The van der Waals surface area contributed by atoms with Crippen LogP contribution in [-0.4, -0.2) is 0 Å². The van der Waals surface area contributed by atoms with Crippen LogP contribution in [0.2, 0.25) is 0 Å². The number of benzene rings is 1. The first kappa shape index (κ1) is 13.0. The van der Waals surface area contributed by atoms with E-state index in [1.165, 1.54) is 40.7 Å². The Morgan fingerprint density at radius 1 is 1.12 bits per heavy atom. The molecule has 0 spiro atoms. The van der Waals surface area contributed by atoms with Gasteiger partial charge in [-0.2, -0.15) is 0 Å². The van der Waals surface area contributed by atoms with E-state index in [2.05, 4.69) is 39.0 Å². The van der Waals surface area contributed by atoms with E-state index in [1.807, 2.05) is 13.8 Å². The van der Waals surface area contributed by atoms with Gasteiger partial charge in [-0.15, -0.1) is 0 Å². The lowest BCUT2D eigenvalue weighted by atomic mass is 10.0. The van der Waals surface area contributed by atoms with E-state index < -0.39 is 0 Å². The Labute approximate surface area is 100 Å². The van der Waals surface area contributed by atoms with Crippen molar-refractivity contribution >= 4 is 5.57 Å². The highest BCUT2D eigenvalue weighted by Gasteiger charge is 2.15. The maximum absolute atomic E-state index is 2.38. The van der Waals surface area contributed by atoms with E-state index in [-0.39, 0.29) is 0 Å². The molecule has 1 aromatic rings. The normalized spacial score (nSPS) is 13.3. The average molecular weight is 216 g/mol. The molecule has 1 aliphatic carbocycles. The van der Waals surface area contributed by atoms with E-state index in [0.29, 0.717) is 0 Å². The van der Waals surface area contributed by atoms with Crippen molar-refractivity contribution in [2.24, 2.45) is 0 Å². The third-order valence-electron chi connectivity index (χ3n) is 3.21. The molecule has 0 unspecified atom stereocenters. The maximum atomic E-state index is 2.38. The highest BCUT2D eigenvalue weighted by atomic mass is 14.2. The van der Waals surface area contributed by atoms with Gasteiger partial charge in [-0.25, -0.2) is 0 Å². The third-order valence-corrected chi connectivity index (χ3v) is 3.21. The Balaban J connectivity index is 0.000000606. The molecule has 0 heteroatoms. The van der Waals surface area contributed by atoms with Crippen LogP contribution in [0.3, 0.4) is 0 Å². The van der Waals surface area contributed by atoms with Gasteiger partial charge in [-0.05, 0) is 49.0 Å². The number of hydrogen-bond donors (Lipinski definition) is 0. The molecule has 0 saturated carbocycles. The Hall–Kier alpha value is -1.04. The summed E-state index contributed by atoms with van der Waals surface area (Å²) in [7, 11) is 0. The molecule has 0 amide bonds. The molecular weight excluding hydrogens is 192 g/mol. The van der Waals surface area contributed by atoms with Crippen molar-refractivity contribution in [2.75, 3.05) is 0 Å². The molecule has 1 aliphatic rings. The fraction of sp³-hybridized carbons (Fsp3) is 0.500. The minimum Gasteiger partial charge on any atom is -0.0683 e. The van der Waals surface area contributed by atoms with Crippen LogP contribution >= 0.6 is 0 Å². The first-order valence-corrected chi connectivity index (χ1v) is 6.51. The molecule has 16 heavy (non-hydrogen) atoms. The highest BCUT2D eigenvalue weighted by Crippen LogP contribution is 2.32. The quantitative estimate of drug-likeness (QED) is 0.651. The molecule has 0 heterocycles. The van der Waals surface area contributed by atoms with Crippen molar-refractivity contribution in [1.29, 1.82) is 0 Å². The lowest BCUT2D eigenvalue weighted by molar-refractivity contribution is 0.920. The van der Waals surface area contributed by atoms with Crippen molar-refractivity contribution < 1.29 is 0 Å². The number of allylic oxidation sites excluding steroid dienone is 2. The second-order valence-corrected chi connectivity index (χ2v) is 4.32. The summed E-state index contributed by atoms with van der Waals surface area (Å²) in [6.45, 7) is 10.7.